The van der Waals surface area contributed by atoms with Crippen LogP contribution < -0.4 is 0 Å². The first-order valence-corrected chi connectivity index (χ1v) is 10.5. The minimum absolute atomic E-state index is 0.0776. The Bertz CT molecular complexity index is 1180. The van der Waals surface area contributed by atoms with Crippen LogP contribution in [0.5, 0.6) is 0 Å². The summed E-state index contributed by atoms with van der Waals surface area (Å²) in [5, 5.41) is 0. The third-order valence-electron chi connectivity index (χ3n) is 5.06. The van der Waals surface area contributed by atoms with Gasteiger partial charge in [-0.2, -0.15) is 13.2 Å². The Labute approximate surface area is 160 Å². The van der Waals surface area contributed by atoms with Gasteiger partial charge in [0.25, 0.3) is 0 Å². The zero-order valence-corrected chi connectivity index (χ0v) is 16.1. The Hall–Kier alpha value is -2.42. The minimum atomic E-state index is -4.48. The summed E-state index contributed by atoms with van der Waals surface area (Å²) in [6.45, 7) is 1.55. The van der Waals surface area contributed by atoms with Crippen molar-refractivity contribution in [1.82, 2.24) is 14.5 Å². The maximum absolute atomic E-state index is 13.0. The van der Waals surface area contributed by atoms with Crippen LogP contribution in [0.3, 0.4) is 0 Å². The fraction of sp³-hybridized carbons (Fsp3) is 0.368. The number of hydrogen-bond donors (Lipinski definition) is 0. The number of imidazole rings is 1. The van der Waals surface area contributed by atoms with Gasteiger partial charge < -0.3 is 4.57 Å². The molecule has 0 bridgehead atoms. The van der Waals surface area contributed by atoms with E-state index in [2.05, 4.69) is 9.97 Å². The molecule has 0 aliphatic heterocycles. The Kier molecular flexibility index (Phi) is 4.26. The van der Waals surface area contributed by atoms with E-state index in [1.807, 2.05) is 0 Å². The molecule has 1 saturated carbocycles. The van der Waals surface area contributed by atoms with Crippen molar-refractivity contribution in [3.8, 4) is 11.5 Å². The summed E-state index contributed by atoms with van der Waals surface area (Å²) in [5.41, 5.74) is 0.839. The molecule has 5 nitrogen and oxygen atoms in total. The molecule has 0 unspecified atom stereocenters. The lowest BCUT2D eigenvalue weighted by atomic mass is 10.2. The largest absolute Gasteiger partial charge is 0.416 e. The maximum Gasteiger partial charge on any atom is 0.416 e. The second kappa shape index (κ2) is 6.30. The molecule has 2 aromatic heterocycles. The van der Waals surface area contributed by atoms with E-state index in [-0.39, 0.29) is 27.7 Å². The minimum Gasteiger partial charge on any atom is -0.326 e. The van der Waals surface area contributed by atoms with Gasteiger partial charge in [-0.05, 0) is 48.6 Å². The number of halogens is 3. The zero-order chi connectivity index (χ0) is 20.3. The number of sulfone groups is 1. The molecule has 28 heavy (non-hydrogen) atoms. The topological polar surface area (TPSA) is 64.8 Å². The van der Waals surface area contributed by atoms with Crippen LogP contribution in [0.15, 0.2) is 35.4 Å². The van der Waals surface area contributed by atoms with E-state index >= 15 is 0 Å². The van der Waals surface area contributed by atoms with Gasteiger partial charge in [0, 0.05) is 13.2 Å². The summed E-state index contributed by atoms with van der Waals surface area (Å²) in [4.78, 5) is 8.74. The van der Waals surface area contributed by atoms with Crippen molar-refractivity contribution in [2.24, 2.45) is 7.05 Å². The quantitative estimate of drug-likeness (QED) is 0.644. The number of nitrogens with zero attached hydrogens (tertiary/aromatic N) is 3. The number of fused-ring (bicyclic) bond motifs is 1. The van der Waals surface area contributed by atoms with Crippen molar-refractivity contribution in [1.29, 1.82) is 0 Å². The smallest absolute Gasteiger partial charge is 0.326 e. The van der Waals surface area contributed by atoms with Gasteiger partial charge in [0.2, 0.25) is 0 Å². The molecule has 0 radical (unpaired) electrons. The van der Waals surface area contributed by atoms with Crippen molar-refractivity contribution >= 4 is 20.9 Å². The average Bonchev–Trinajstić information content (AvgIpc) is 3.45. The molecule has 1 fully saturated rings. The van der Waals surface area contributed by atoms with Crippen LogP contribution in [0.4, 0.5) is 13.2 Å². The van der Waals surface area contributed by atoms with Gasteiger partial charge in [0.1, 0.15) is 5.69 Å². The van der Waals surface area contributed by atoms with Crippen LogP contribution in [0.1, 0.15) is 36.8 Å². The molecule has 1 aliphatic rings. The van der Waals surface area contributed by atoms with E-state index in [0.717, 1.165) is 30.5 Å². The van der Waals surface area contributed by atoms with Crippen LogP contribution in [-0.2, 0) is 23.1 Å². The van der Waals surface area contributed by atoms with E-state index in [9.17, 15) is 21.6 Å². The summed E-state index contributed by atoms with van der Waals surface area (Å²) >= 11 is 0. The molecule has 9 heteroatoms. The summed E-state index contributed by atoms with van der Waals surface area (Å²) < 4.78 is 66.0. The van der Waals surface area contributed by atoms with Crippen LogP contribution in [-0.4, -0.2) is 28.7 Å². The number of aromatic nitrogens is 3. The second-order valence-electron chi connectivity index (χ2n) is 6.99. The van der Waals surface area contributed by atoms with Crippen LogP contribution in [0.25, 0.3) is 22.6 Å². The lowest BCUT2D eigenvalue weighted by molar-refractivity contribution is -0.137. The van der Waals surface area contributed by atoms with E-state index < -0.39 is 21.6 Å². The lowest BCUT2D eigenvalue weighted by Gasteiger charge is -2.11. The highest BCUT2D eigenvalue weighted by Crippen LogP contribution is 2.41. The van der Waals surface area contributed by atoms with Crippen molar-refractivity contribution in [2.45, 2.75) is 36.8 Å². The van der Waals surface area contributed by atoms with Crippen LogP contribution >= 0.6 is 0 Å². The average molecular weight is 409 g/mol. The molecule has 0 atom stereocenters. The van der Waals surface area contributed by atoms with E-state index in [4.69, 9.17) is 0 Å². The Morgan fingerprint density at radius 1 is 1.21 bits per heavy atom. The van der Waals surface area contributed by atoms with Gasteiger partial charge in [-0.25, -0.2) is 13.4 Å². The Morgan fingerprint density at radius 2 is 1.93 bits per heavy atom. The summed E-state index contributed by atoms with van der Waals surface area (Å²) in [6, 6.07) is 4.92. The highest BCUT2D eigenvalue weighted by atomic mass is 32.2. The number of pyridine rings is 1. The molecule has 1 aliphatic carbocycles. The molecular formula is C19H18F3N3O2S. The molecular weight excluding hydrogens is 391 g/mol. The Balaban J connectivity index is 1.93. The molecule has 0 spiro atoms. The summed E-state index contributed by atoms with van der Waals surface area (Å²) in [5.74, 6) is 0.448. The molecule has 1 aromatic carbocycles. The maximum atomic E-state index is 13.0. The third-order valence-corrected chi connectivity index (χ3v) is 6.80. The highest BCUT2D eigenvalue weighted by molar-refractivity contribution is 7.91. The van der Waals surface area contributed by atoms with Crippen molar-refractivity contribution in [3.63, 3.8) is 0 Å². The first kappa shape index (κ1) is 18.9. The molecule has 0 saturated heterocycles. The molecule has 4 rings (SSSR count). The monoisotopic (exact) mass is 409 g/mol. The third kappa shape index (κ3) is 3.17. The number of benzene rings is 1. The van der Waals surface area contributed by atoms with Crippen molar-refractivity contribution in [3.05, 3.63) is 41.6 Å². The van der Waals surface area contributed by atoms with E-state index in [1.54, 1.807) is 30.8 Å². The lowest BCUT2D eigenvalue weighted by Crippen LogP contribution is -2.09. The van der Waals surface area contributed by atoms with Crippen LogP contribution in [0, 0.1) is 0 Å². The number of hydrogen-bond acceptors (Lipinski definition) is 4. The van der Waals surface area contributed by atoms with Gasteiger partial charge in [-0.1, -0.05) is 6.92 Å². The Morgan fingerprint density at radius 3 is 2.54 bits per heavy atom. The molecule has 2 heterocycles. The fourth-order valence-corrected chi connectivity index (χ4v) is 4.31. The molecule has 0 amide bonds. The number of alkyl halides is 3. The predicted octanol–water partition coefficient (Wildman–Crippen LogP) is 4.33. The van der Waals surface area contributed by atoms with Crippen LogP contribution in [0.2, 0.25) is 0 Å². The predicted molar refractivity (Wildman–Crippen MR) is 98.6 cm³/mol. The number of rotatable bonds is 4. The normalized spacial score (nSPS) is 15.3. The van der Waals surface area contributed by atoms with Gasteiger partial charge in [0.15, 0.2) is 15.7 Å². The van der Waals surface area contributed by atoms with Gasteiger partial charge >= 0.3 is 6.18 Å². The van der Waals surface area contributed by atoms with Crippen molar-refractivity contribution in [2.75, 3.05) is 5.75 Å². The second-order valence-corrected chi connectivity index (χ2v) is 9.24. The molecule has 148 valence electrons. The highest BCUT2D eigenvalue weighted by Gasteiger charge is 2.32. The summed E-state index contributed by atoms with van der Waals surface area (Å²) in [7, 11) is -1.95. The van der Waals surface area contributed by atoms with Gasteiger partial charge in [0.05, 0.1) is 27.2 Å². The summed E-state index contributed by atoms with van der Waals surface area (Å²) in [6.07, 6.45) is -0.840. The van der Waals surface area contributed by atoms with E-state index in [1.165, 1.54) is 6.07 Å². The van der Waals surface area contributed by atoms with Crippen molar-refractivity contribution < 1.29 is 21.6 Å². The first-order chi connectivity index (χ1) is 13.1. The van der Waals surface area contributed by atoms with Gasteiger partial charge in [-0.15, -0.1) is 0 Å². The van der Waals surface area contributed by atoms with E-state index in [0.29, 0.717) is 11.4 Å². The first-order valence-electron chi connectivity index (χ1n) is 8.88. The fourth-order valence-electron chi connectivity index (χ4n) is 3.25. The number of aryl methyl sites for hydroxylation is 1. The zero-order valence-electron chi connectivity index (χ0n) is 15.3. The molecule has 0 N–H and O–H groups in total. The van der Waals surface area contributed by atoms with Gasteiger partial charge in [-0.3, -0.25) is 4.98 Å². The molecule has 3 aromatic rings. The standard InChI is InChI=1S/C19H18F3N3O2S/c1-3-28(26,27)16-8-12(11-4-5-11)10-23-17(16)18-24-14-9-13(19(20,21)22)6-7-15(14)25(18)2/h6-11H,3-5H2,1-2H3. The SMILES string of the molecule is CCS(=O)(=O)c1cc(C2CC2)cnc1-c1nc2cc(C(F)(F)F)ccc2n1C.